The van der Waals surface area contributed by atoms with Crippen molar-refractivity contribution >= 4 is 17.3 Å². The first-order valence-corrected chi connectivity index (χ1v) is 7.33. The van der Waals surface area contributed by atoms with Crippen molar-refractivity contribution in [3.05, 3.63) is 29.6 Å². The maximum atomic E-state index is 13.7. The number of hydrogen-bond donors (Lipinski definition) is 0. The minimum absolute atomic E-state index is 0.192. The van der Waals surface area contributed by atoms with E-state index >= 15 is 0 Å². The van der Waals surface area contributed by atoms with Crippen LogP contribution >= 0.6 is 11.6 Å². The lowest BCUT2D eigenvalue weighted by Gasteiger charge is -2.31. The first-order chi connectivity index (χ1) is 8.74. The highest BCUT2D eigenvalue weighted by Gasteiger charge is 2.20. The summed E-state index contributed by atoms with van der Waals surface area (Å²) in [4.78, 5) is 2.23. The Hall–Kier alpha value is -0.760. The second kappa shape index (κ2) is 6.42. The number of alkyl halides is 1. The molecule has 0 atom stereocenters. The monoisotopic (exact) mass is 269 g/mol. The molecule has 0 spiro atoms. The van der Waals surface area contributed by atoms with Crippen molar-refractivity contribution in [3.63, 3.8) is 0 Å². The van der Waals surface area contributed by atoms with E-state index in [1.165, 1.54) is 44.6 Å². The van der Waals surface area contributed by atoms with E-state index in [1.54, 1.807) is 6.07 Å². The van der Waals surface area contributed by atoms with Crippen molar-refractivity contribution in [2.75, 3.05) is 11.9 Å². The van der Waals surface area contributed by atoms with Crippen LogP contribution in [0.1, 0.15) is 44.1 Å². The second-order valence-corrected chi connectivity index (χ2v) is 5.39. The molecule has 0 aliphatic heterocycles. The standard InChI is InChI=1S/C15H21ClFN/c1-18(12-7-4-2-3-5-8-12)15-10-6-9-14(17)13(15)11-16/h6,9-10,12H,2-5,7-8,11H2,1H3. The molecule has 0 radical (unpaired) electrons. The van der Waals surface area contributed by atoms with Gasteiger partial charge in [0.2, 0.25) is 0 Å². The second-order valence-electron chi connectivity index (χ2n) is 5.13. The van der Waals surface area contributed by atoms with E-state index in [0.29, 0.717) is 11.6 Å². The highest BCUT2D eigenvalue weighted by atomic mass is 35.5. The van der Waals surface area contributed by atoms with E-state index in [1.807, 2.05) is 6.07 Å². The van der Waals surface area contributed by atoms with E-state index in [-0.39, 0.29) is 11.7 Å². The number of hydrogen-bond acceptors (Lipinski definition) is 1. The van der Waals surface area contributed by atoms with Crippen molar-refractivity contribution in [2.45, 2.75) is 50.4 Å². The molecule has 1 fully saturated rings. The highest BCUT2D eigenvalue weighted by molar-refractivity contribution is 6.17. The zero-order valence-corrected chi connectivity index (χ0v) is 11.7. The van der Waals surface area contributed by atoms with Crippen molar-refractivity contribution in [3.8, 4) is 0 Å². The van der Waals surface area contributed by atoms with Gasteiger partial charge in [0.25, 0.3) is 0 Å². The molecule has 100 valence electrons. The number of rotatable bonds is 3. The third-order valence-electron chi connectivity index (χ3n) is 3.98. The predicted molar refractivity (Wildman–Crippen MR) is 75.9 cm³/mol. The van der Waals surface area contributed by atoms with Crippen LogP contribution in [0.5, 0.6) is 0 Å². The minimum atomic E-state index is -0.192. The zero-order chi connectivity index (χ0) is 13.0. The highest BCUT2D eigenvalue weighted by Crippen LogP contribution is 2.29. The van der Waals surface area contributed by atoms with Gasteiger partial charge in [0.1, 0.15) is 5.82 Å². The summed E-state index contributed by atoms with van der Waals surface area (Å²) in [5, 5.41) is 0. The van der Waals surface area contributed by atoms with Gasteiger partial charge in [-0.3, -0.25) is 0 Å². The first-order valence-electron chi connectivity index (χ1n) is 6.80. The van der Waals surface area contributed by atoms with Gasteiger partial charge in [0.05, 0.1) is 5.88 Å². The van der Waals surface area contributed by atoms with Gasteiger partial charge < -0.3 is 4.90 Å². The lowest BCUT2D eigenvalue weighted by Crippen LogP contribution is -2.31. The Labute approximate surface area is 114 Å². The summed E-state index contributed by atoms with van der Waals surface area (Å²) in [6, 6.07) is 5.76. The van der Waals surface area contributed by atoms with Gasteiger partial charge in [-0.25, -0.2) is 4.39 Å². The quantitative estimate of drug-likeness (QED) is 0.567. The minimum Gasteiger partial charge on any atom is -0.371 e. The fourth-order valence-electron chi connectivity index (χ4n) is 2.85. The van der Waals surface area contributed by atoms with E-state index < -0.39 is 0 Å². The Bertz CT molecular complexity index is 386. The fourth-order valence-corrected chi connectivity index (χ4v) is 3.12. The average molecular weight is 270 g/mol. The van der Waals surface area contributed by atoms with Crippen molar-refractivity contribution in [1.29, 1.82) is 0 Å². The van der Waals surface area contributed by atoms with Crippen LogP contribution in [0.3, 0.4) is 0 Å². The maximum absolute atomic E-state index is 13.7. The van der Waals surface area contributed by atoms with Crippen molar-refractivity contribution in [1.82, 2.24) is 0 Å². The molecule has 1 aliphatic rings. The van der Waals surface area contributed by atoms with Gasteiger partial charge in [-0.15, -0.1) is 11.6 Å². The van der Waals surface area contributed by atoms with Crippen LogP contribution in [0.25, 0.3) is 0 Å². The summed E-state index contributed by atoms with van der Waals surface area (Å²) < 4.78 is 13.7. The van der Waals surface area contributed by atoms with E-state index in [9.17, 15) is 4.39 Å². The summed E-state index contributed by atoms with van der Waals surface area (Å²) in [5.41, 5.74) is 1.59. The molecule has 0 unspecified atom stereocenters. The van der Waals surface area contributed by atoms with Gasteiger partial charge in [-0.2, -0.15) is 0 Å². The molecule has 0 heterocycles. The van der Waals surface area contributed by atoms with Crippen LogP contribution in [0.15, 0.2) is 18.2 Å². The van der Waals surface area contributed by atoms with Crippen LogP contribution in [0, 0.1) is 5.82 Å². The van der Waals surface area contributed by atoms with Gasteiger partial charge in [-0.1, -0.05) is 31.7 Å². The van der Waals surface area contributed by atoms with Crippen molar-refractivity contribution in [2.24, 2.45) is 0 Å². The van der Waals surface area contributed by atoms with E-state index in [0.717, 1.165) is 5.69 Å². The number of halogens is 2. The molecule has 1 aromatic rings. The summed E-state index contributed by atoms with van der Waals surface area (Å²) >= 11 is 5.89. The molecule has 0 N–H and O–H groups in total. The Morgan fingerprint density at radius 3 is 2.50 bits per heavy atom. The number of nitrogens with zero attached hydrogens (tertiary/aromatic N) is 1. The molecule has 18 heavy (non-hydrogen) atoms. The normalized spacial score (nSPS) is 17.5. The fraction of sp³-hybridized carbons (Fsp3) is 0.600. The molecule has 1 nitrogen and oxygen atoms in total. The van der Waals surface area contributed by atoms with Crippen molar-refractivity contribution < 1.29 is 4.39 Å². The Morgan fingerprint density at radius 2 is 1.89 bits per heavy atom. The lowest BCUT2D eigenvalue weighted by molar-refractivity contribution is 0.548. The largest absolute Gasteiger partial charge is 0.371 e. The Morgan fingerprint density at radius 1 is 1.22 bits per heavy atom. The Balaban J connectivity index is 2.21. The molecule has 0 saturated heterocycles. The Kier molecular flexibility index (Phi) is 4.87. The maximum Gasteiger partial charge on any atom is 0.129 e. The van der Waals surface area contributed by atoms with Crippen LogP contribution in [-0.2, 0) is 5.88 Å². The molecule has 0 amide bonds. The summed E-state index contributed by atoms with van der Waals surface area (Å²) in [6.07, 6.45) is 7.62. The third-order valence-corrected chi connectivity index (χ3v) is 4.25. The van der Waals surface area contributed by atoms with Gasteiger partial charge in [0, 0.05) is 24.3 Å². The molecule has 1 aromatic carbocycles. The van der Waals surface area contributed by atoms with E-state index in [4.69, 9.17) is 11.6 Å². The molecular weight excluding hydrogens is 249 g/mol. The van der Waals surface area contributed by atoms with Crippen LogP contribution < -0.4 is 4.90 Å². The molecular formula is C15H21ClFN. The molecule has 1 saturated carbocycles. The van der Waals surface area contributed by atoms with Crippen LogP contribution in [0.2, 0.25) is 0 Å². The average Bonchev–Trinajstić information content (AvgIpc) is 2.66. The predicted octanol–water partition coefficient (Wildman–Crippen LogP) is 4.72. The topological polar surface area (TPSA) is 3.24 Å². The molecule has 0 bridgehead atoms. The zero-order valence-electron chi connectivity index (χ0n) is 11.0. The summed E-state index contributed by atoms with van der Waals surface area (Å²) in [6.45, 7) is 0. The number of benzene rings is 1. The molecule has 1 aliphatic carbocycles. The smallest absolute Gasteiger partial charge is 0.129 e. The molecule has 2 rings (SSSR count). The molecule has 3 heteroatoms. The van der Waals surface area contributed by atoms with Gasteiger partial charge in [-0.05, 0) is 25.0 Å². The summed E-state index contributed by atoms with van der Waals surface area (Å²) in [7, 11) is 2.07. The summed E-state index contributed by atoms with van der Waals surface area (Å²) in [5.74, 6) is 0.0435. The lowest BCUT2D eigenvalue weighted by atomic mass is 10.1. The van der Waals surface area contributed by atoms with Gasteiger partial charge in [0.15, 0.2) is 0 Å². The van der Waals surface area contributed by atoms with Crippen LogP contribution in [-0.4, -0.2) is 13.1 Å². The van der Waals surface area contributed by atoms with E-state index in [2.05, 4.69) is 11.9 Å². The molecule has 0 aromatic heterocycles. The van der Waals surface area contributed by atoms with Crippen LogP contribution in [0.4, 0.5) is 10.1 Å². The third kappa shape index (κ3) is 2.97. The number of anilines is 1. The first kappa shape index (κ1) is 13.7. The van der Waals surface area contributed by atoms with Gasteiger partial charge >= 0.3 is 0 Å². The SMILES string of the molecule is CN(c1cccc(F)c1CCl)C1CCCCCC1.